The summed E-state index contributed by atoms with van der Waals surface area (Å²) < 4.78 is 11.7. The highest BCUT2D eigenvalue weighted by molar-refractivity contribution is 5.85. The van der Waals surface area contributed by atoms with E-state index in [1.165, 1.54) is 0 Å². The summed E-state index contributed by atoms with van der Waals surface area (Å²) in [5, 5.41) is 0. The number of aryl methyl sites for hydroxylation is 1. The number of rotatable bonds is 8. The van der Waals surface area contributed by atoms with Crippen molar-refractivity contribution >= 4 is 24.8 Å². The number of nitrogens with zero attached hydrogens (tertiary/aromatic N) is 1. The monoisotopic (exact) mass is 352 g/mol. The Morgan fingerprint density at radius 3 is 2.09 bits per heavy atom. The van der Waals surface area contributed by atoms with Crippen LogP contribution in [0.1, 0.15) is 44.6 Å². The molecule has 0 aliphatic heterocycles. The Kier molecular flexibility index (Phi) is 12.1. The van der Waals surface area contributed by atoms with Gasteiger partial charge in [0, 0.05) is 30.2 Å². The van der Waals surface area contributed by atoms with Crippen LogP contribution in [0.25, 0.3) is 0 Å². The molecule has 1 heterocycles. The Morgan fingerprint density at radius 2 is 1.68 bits per heavy atom. The molecule has 0 aliphatic carbocycles. The van der Waals surface area contributed by atoms with Crippen LogP contribution in [-0.2, 0) is 21.7 Å². The first kappa shape index (κ1) is 23.9. The maximum atomic E-state index is 5.94. The number of hydrogen-bond donors (Lipinski definition) is 1. The largest absolute Gasteiger partial charge is 0.345 e. The number of pyridine rings is 1. The van der Waals surface area contributed by atoms with E-state index in [4.69, 9.17) is 15.2 Å². The van der Waals surface area contributed by atoms with E-state index in [1.54, 1.807) is 0 Å². The summed E-state index contributed by atoms with van der Waals surface area (Å²) in [7, 11) is 0. The summed E-state index contributed by atoms with van der Waals surface area (Å²) in [4.78, 5) is 4.59. The second-order valence-corrected chi connectivity index (χ2v) is 5.41. The second kappa shape index (κ2) is 11.2. The van der Waals surface area contributed by atoms with Gasteiger partial charge in [-0.25, -0.2) is 0 Å². The van der Waals surface area contributed by atoms with Gasteiger partial charge in [-0.1, -0.05) is 13.8 Å². The van der Waals surface area contributed by atoms with Crippen LogP contribution in [-0.4, -0.2) is 24.7 Å². The lowest BCUT2D eigenvalue weighted by molar-refractivity contribution is -0.235. The fourth-order valence-corrected chi connectivity index (χ4v) is 2.39. The molecule has 4 nitrogen and oxygen atoms in total. The highest BCUT2D eigenvalue weighted by Crippen LogP contribution is 2.28. The van der Waals surface area contributed by atoms with Crippen molar-refractivity contribution in [2.75, 3.05) is 19.8 Å². The molecule has 0 fully saturated rings. The summed E-state index contributed by atoms with van der Waals surface area (Å²) in [6, 6.07) is 4.06. The molecule has 0 saturated carbocycles. The van der Waals surface area contributed by atoms with Crippen LogP contribution in [0.5, 0.6) is 0 Å². The number of aromatic nitrogens is 1. The van der Waals surface area contributed by atoms with E-state index in [2.05, 4.69) is 24.9 Å². The molecule has 22 heavy (non-hydrogen) atoms. The summed E-state index contributed by atoms with van der Waals surface area (Å²) in [5.41, 5.74) is 8.94. The minimum atomic E-state index is -0.858. The summed E-state index contributed by atoms with van der Waals surface area (Å²) in [6.45, 7) is 11.7. The third-order valence-electron chi connectivity index (χ3n) is 3.09. The van der Waals surface area contributed by atoms with E-state index >= 15 is 0 Å². The van der Waals surface area contributed by atoms with Gasteiger partial charge in [0.15, 0.2) is 0 Å². The molecular weight excluding hydrogens is 323 g/mol. The van der Waals surface area contributed by atoms with Crippen LogP contribution in [0, 0.1) is 12.8 Å². The molecule has 2 N–H and O–H groups in total. The number of hydrogen-bond acceptors (Lipinski definition) is 4. The molecule has 0 aromatic carbocycles. The SMILES string of the molecule is CCOC(CN)(OCC)c1cc(C)nc(CC(C)C)c1.Cl.Cl. The van der Waals surface area contributed by atoms with E-state index in [9.17, 15) is 0 Å². The van der Waals surface area contributed by atoms with Crippen molar-refractivity contribution in [3.63, 3.8) is 0 Å². The Labute approximate surface area is 147 Å². The van der Waals surface area contributed by atoms with Crippen LogP contribution in [0.4, 0.5) is 0 Å². The number of halogens is 2. The van der Waals surface area contributed by atoms with Crippen LogP contribution in [0.3, 0.4) is 0 Å². The summed E-state index contributed by atoms with van der Waals surface area (Å²) >= 11 is 0. The standard InChI is InChI=1S/C16H28N2O2.2ClH/c1-6-19-16(11-17,20-7-2)14-9-13(5)18-15(10-14)8-12(3)4;;/h9-10,12H,6-8,11,17H2,1-5H3;2*1H. The topological polar surface area (TPSA) is 57.4 Å². The fraction of sp³-hybridized carbons (Fsp3) is 0.688. The van der Waals surface area contributed by atoms with Gasteiger partial charge in [0.05, 0.1) is 6.54 Å². The quantitative estimate of drug-likeness (QED) is 0.726. The normalized spacial score (nSPS) is 11.0. The minimum absolute atomic E-state index is 0. The lowest BCUT2D eigenvalue weighted by Gasteiger charge is -2.32. The third-order valence-corrected chi connectivity index (χ3v) is 3.09. The molecule has 0 bridgehead atoms. The smallest absolute Gasteiger partial charge is 0.207 e. The lowest BCUT2D eigenvalue weighted by Crippen LogP contribution is -2.41. The minimum Gasteiger partial charge on any atom is -0.345 e. The van der Waals surface area contributed by atoms with Crippen molar-refractivity contribution in [3.05, 3.63) is 29.1 Å². The lowest BCUT2D eigenvalue weighted by atomic mass is 10.0. The van der Waals surface area contributed by atoms with Crippen LogP contribution in [0.15, 0.2) is 12.1 Å². The van der Waals surface area contributed by atoms with Crippen molar-refractivity contribution in [2.45, 2.75) is 46.8 Å². The predicted molar refractivity (Wildman–Crippen MR) is 96.0 cm³/mol. The molecule has 0 spiro atoms. The van der Waals surface area contributed by atoms with E-state index < -0.39 is 5.79 Å². The molecule has 130 valence electrons. The van der Waals surface area contributed by atoms with Gasteiger partial charge in [0.25, 0.3) is 0 Å². The maximum Gasteiger partial charge on any atom is 0.207 e. The zero-order chi connectivity index (χ0) is 15.2. The molecule has 1 aromatic rings. The van der Waals surface area contributed by atoms with Gasteiger partial charge in [-0.15, -0.1) is 24.8 Å². The van der Waals surface area contributed by atoms with Gasteiger partial charge in [-0.05, 0) is 45.2 Å². The van der Waals surface area contributed by atoms with Gasteiger partial charge < -0.3 is 15.2 Å². The Bertz CT molecular complexity index is 423. The first-order chi connectivity index (χ1) is 9.47. The van der Waals surface area contributed by atoms with Crippen molar-refractivity contribution in [2.24, 2.45) is 11.7 Å². The highest BCUT2D eigenvalue weighted by atomic mass is 35.5. The van der Waals surface area contributed by atoms with Crippen molar-refractivity contribution in [1.29, 1.82) is 0 Å². The first-order valence-corrected chi connectivity index (χ1v) is 7.43. The Hall–Kier alpha value is -0.390. The zero-order valence-corrected chi connectivity index (χ0v) is 15.9. The molecule has 0 atom stereocenters. The predicted octanol–water partition coefficient (Wildman–Crippen LogP) is 3.62. The average Bonchev–Trinajstić information content (AvgIpc) is 2.36. The summed E-state index contributed by atoms with van der Waals surface area (Å²) in [6.07, 6.45) is 0.938. The maximum absolute atomic E-state index is 5.94. The molecule has 0 amide bonds. The van der Waals surface area contributed by atoms with E-state index in [0.717, 1.165) is 23.4 Å². The van der Waals surface area contributed by atoms with Crippen molar-refractivity contribution in [1.82, 2.24) is 4.98 Å². The van der Waals surface area contributed by atoms with E-state index in [-0.39, 0.29) is 24.8 Å². The molecule has 0 saturated heterocycles. The van der Waals surface area contributed by atoms with Gasteiger partial charge >= 0.3 is 0 Å². The van der Waals surface area contributed by atoms with Crippen molar-refractivity contribution in [3.8, 4) is 0 Å². The molecular formula is C16H30Cl2N2O2. The number of nitrogens with two attached hydrogens (primary N) is 1. The van der Waals surface area contributed by atoms with Gasteiger partial charge in [0.1, 0.15) is 0 Å². The molecule has 0 unspecified atom stereocenters. The molecule has 0 radical (unpaired) electrons. The van der Waals surface area contributed by atoms with Crippen molar-refractivity contribution < 1.29 is 9.47 Å². The van der Waals surface area contributed by atoms with Crippen LogP contribution < -0.4 is 5.73 Å². The van der Waals surface area contributed by atoms with Crippen LogP contribution in [0.2, 0.25) is 0 Å². The average molecular weight is 353 g/mol. The summed E-state index contributed by atoms with van der Waals surface area (Å²) in [5.74, 6) is -0.299. The Morgan fingerprint density at radius 1 is 1.14 bits per heavy atom. The molecule has 1 rings (SSSR count). The molecule has 0 aliphatic rings. The number of ether oxygens (including phenoxy) is 2. The van der Waals surface area contributed by atoms with Crippen LogP contribution >= 0.6 is 24.8 Å². The van der Waals surface area contributed by atoms with Gasteiger partial charge in [0.2, 0.25) is 5.79 Å². The highest BCUT2D eigenvalue weighted by Gasteiger charge is 2.33. The van der Waals surface area contributed by atoms with E-state index in [1.807, 2.05) is 26.8 Å². The third kappa shape index (κ3) is 6.39. The Balaban J connectivity index is 0. The fourth-order valence-electron chi connectivity index (χ4n) is 2.39. The second-order valence-electron chi connectivity index (χ2n) is 5.41. The molecule has 6 heteroatoms. The van der Waals surface area contributed by atoms with Gasteiger partial charge in [-0.2, -0.15) is 0 Å². The zero-order valence-electron chi connectivity index (χ0n) is 14.2. The van der Waals surface area contributed by atoms with E-state index in [0.29, 0.717) is 25.7 Å². The van der Waals surface area contributed by atoms with Gasteiger partial charge in [-0.3, -0.25) is 4.98 Å². The first-order valence-electron chi connectivity index (χ1n) is 7.43. The molecule has 1 aromatic heterocycles.